The molecule has 1 aromatic heterocycles. The molecule has 1 atom stereocenters. The molecule has 1 amide bonds. The maximum absolute atomic E-state index is 12.4. The Balaban J connectivity index is 1.78. The minimum atomic E-state index is -0.0263. The first-order chi connectivity index (χ1) is 10.1. The van der Waals surface area contributed by atoms with Crippen molar-refractivity contribution < 1.29 is 4.79 Å². The molecular formula is C15H16ClN3OS. The van der Waals surface area contributed by atoms with E-state index in [9.17, 15) is 4.79 Å². The molecule has 1 aromatic carbocycles. The van der Waals surface area contributed by atoms with Crippen LogP contribution in [0.1, 0.15) is 23.3 Å². The summed E-state index contributed by atoms with van der Waals surface area (Å²) in [5, 5.41) is 3.33. The highest BCUT2D eigenvalue weighted by atomic mass is 35.5. The quantitative estimate of drug-likeness (QED) is 0.925. The number of halogens is 1. The van der Waals surface area contributed by atoms with Gasteiger partial charge in [0.25, 0.3) is 5.91 Å². The zero-order valence-corrected chi connectivity index (χ0v) is 13.0. The van der Waals surface area contributed by atoms with Crippen molar-refractivity contribution in [2.75, 3.05) is 13.1 Å². The van der Waals surface area contributed by atoms with Gasteiger partial charge in [-0.15, -0.1) is 11.3 Å². The Morgan fingerprint density at radius 3 is 2.86 bits per heavy atom. The molecule has 6 heteroatoms. The highest BCUT2D eigenvalue weighted by Gasteiger charge is 2.24. The average Bonchev–Trinajstić information content (AvgIpc) is 2.97. The van der Waals surface area contributed by atoms with E-state index < -0.39 is 0 Å². The van der Waals surface area contributed by atoms with Gasteiger partial charge < -0.3 is 10.6 Å². The number of nitrogens with zero attached hydrogens (tertiary/aromatic N) is 2. The summed E-state index contributed by atoms with van der Waals surface area (Å²) in [6, 6.07) is 7.54. The van der Waals surface area contributed by atoms with Crippen LogP contribution in [0.15, 0.2) is 29.6 Å². The number of hydrogen-bond donors (Lipinski definition) is 1. The van der Waals surface area contributed by atoms with Gasteiger partial charge in [0.15, 0.2) is 0 Å². The van der Waals surface area contributed by atoms with E-state index in [4.69, 9.17) is 17.3 Å². The van der Waals surface area contributed by atoms with E-state index >= 15 is 0 Å². The van der Waals surface area contributed by atoms with Gasteiger partial charge in [-0.25, -0.2) is 4.98 Å². The summed E-state index contributed by atoms with van der Waals surface area (Å²) in [4.78, 5) is 18.7. The standard InChI is InChI=1S/C15H16ClN3OS/c16-11-5-3-10(4-6-11)14-18-13(9-21-14)15(20)19-7-1-2-12(17)8-19/h3-6,9,12H,1-2,7-8,17H2. The van der Waals surface area contributed by atoms with Crippen LogP contribution >= 0.6 is 22.9 Å². The number of thiazole rings is 1. The number of amides is 1. The van der Waals surface area contributed by atoms with Crippen molar-refractivity contribution in [2.45, 2.75) is 18.9 Å². The maximum Gasteiger partial charge on any atom is 0.273 e. The molecule has 1 unspecified atom stereocenters. The maximum atomic E-state index is 12.4. The molecule has 0 saturated carbocycles. The number of carbonyl (C=O) groups excluding carboxylic acids is 1. The molecule has 0 bridgehead atoms. The van der Waals surface area contributed by atoms with Crippen molar-refractivity contribution in [3.05, 3.63) is 40.4 Å². The van der Waals surface area contributed by atoms with Gasteiger partial charge in [-0.3, -0.25) is 4.79 Å². The fraction of sp³-hybridized carbons (Fsp3) is 0.333. The molecule has 2 aromatic rings. The van der Waals surface area contributed by atoms with E-state index in [-0.39, 0.29) is 11.9 Å². The lowest BCUT2D eigenvalue weighted by molar-refractivity contribution is 0.0704. The Kier molecular flexibility index (Phi) is 4.24. The first kappa shape index (κ1) is 14.5. The molecule has 1 aliphatic rings. The number of piperidine rings is 1. The summed E-state index contributed by atoms with van der Waals surface area (Å²) in [7, 11) is 0. The SMILES string of the molecule is NC1CCCN(C(=O)c2csc(-c3ccc(Cl)cc3)n2)C1. The zero-order chi connectivity index (χ0) is 14.8. The van der Waals surface area contributed by atoms with Gasteiger partial charge in [-0.1, -0.05) is 23.7 Å². The molecule has 2 N–H and O–H groups in total. The predicted molar refractivity (Wildman–Crippen MR) is 85.7 cm³/mol. The summed E-state index contributed by atoms with van der Waals surface area (Å²) >= 11 is 7.35. The van der Waals surface area contributed by atoms with Crippen LogP contribution in [0.25, 0.3) is 10.6 Å². The third-order valence-electron chi connectivity index (χ3n) is 3.56. The second-order valence-corrected chi connectivity index (χ2v) is 6.49. The Labute approximate surface area is 132 Å². The summed E-state index contributed by atoms with van der Waals surface area (Å²) in [5.41, 5.74) is 7.40. The molecule has 0 spiro atoms. The van der Waals surface area contributed by atoms with Crippen LogP contribution in [0.4, 0.5) is 0 Å². The van der Waals surface area contributed by atoms with Gasteiger partial charge in [0.1, 0.15) is 10.7 Å². The van der Waals surface area contributed by atoms with Crippen molar-refractivity contribution in [3.63, 3.8) is 0 Å². The van der Waals surface area contributed by atoms with Gasteiger partial charge in [0, 0.05) is 35.1 Å². The number of likely N-dealkylation sites (tertiary alicyclic amines) is 1. The van der Waals surface area contributed by atoms with Crippen LogP contribution in [0.5, 0.6) is 0 Å². The lowest BCUT2D eigenvalue weighted by Crippen LogP contribution is -2.45. The first-order valence-corrected chi connectivity index (χ1v) is 8.15. The van der Waals surface area contributed by atoms with Crippen molar-refractivity contribution in [1.82, 2.24) is 9.88 Å². The molecule has 3 rings (SSSR count). The van der Waals surface area contributed by atoms with E-state index in [1.165, 1.54) is 11.3 Å². The van der Waals surface area contributed by atoms with Crippen LogP contribution in [0.3, 0.4) is 0 Å². The summed E-state index contributed by atoms with van der Waals surface area (Å²) in [6.45, 7) is 1.38. The van der Waals surface area contributed by atoms with Gasteiger partial charge in [-0.2, -0.15) is 0 Å². The van der Waals surface area contributed by atoms with Crippen LogP contribution in [-0.2, 0) is 0 Å². The summed E-state index contributed by atoms with van der Waals surface area (Å²) < 4.78 is 0. The van der Waals surface area contributed by atoms with Crippen LogP contribution in [0, 0.1) is 0 Å². The molecule has 110 valence electrons. The zero-order valence-electron chi connectivity index (χ0n) is 11.5. The Morgan fingerprint density at radius 1 is 1.38 bits per heavy atom. The molecule has 0 radical (unpaired) electrons. The first-order valence-electron chi connectivity index (χ1n) is 6.90. The van der Waals surface area contributed by atoms with Crippen molar-refractivity contribution in [2.24, 2.45) is 5.73 Å². The highest BCUT2D eigenvalue weighted by molar-refractivity contribution is 7.13. The van der Waals surface area contributed by atoms with E-state index in [0.717, 1.165) is 30.0 Å². The molecule has 1 aliphatic heterocycles. The van der Waals surface area contributed by atoms with Gasteiger partial charge in [0.2, 0.25) is 0 Å². The Morgan fingerprint density at radius 2 is 2.14 bits per heavy atom. The number of aromatic nitrogens is 1. The van der Waals surface area contributed by atoms with E-state index in [2.05, 4.69) is 4.98 Å². The van der Waals surface area contributed by atoms with Crippen molar-refractivity contribution >= 4 is 28.8 Å². The van der Waals surface area contributed by atoms with Gasteiger partial charge in [-0.05, 0) is 25.0 Å². The predicted octanol–water partition coefficient (Wildman–Crippen LogP) is 3.03. The van der Waals surface area contributed by atoms with E-state index in [1.54, 1.807) is 4.90 Å². The van der Waals surface area contributed by atoms with E-state index in [1.807, 2.05) is 29.6 Å². The molecule has 21 heavy (non-hydrogen) atoms. The fourth-order valence-corrected chi connectivity index (χ4v) is 3.38. The lowest BCUT2D eigenvalue weighted by Gasteiger charge is -2.30. The number of nitrogens with two attached hydrogens (primary N) is 1. The van der Waals surface area contributed by atoms with Gasteiger partial charge in [0.05, 0.1) is 0 Å². The summed E-state index contributed by atoms with van der Waals surface area (Å²) in [6.07, 6.45) is 1.94. The molecule has 0 aliphatic carbocycles. The Bertz CT molecular complexity index is 641. The van der Waals surface area contributed by atoms with Crippen LogP contribution in [-0.4, -0.2) is 34.9 Å². The van der Waals surface area contributed by atoms with Crippen molar-refractivity contribution in [3.8, 4) is 10.6 Å². The third kappa shape index (κ3) is 3.26. The number of rotatable bonds is 2. The Hall–Kier alpha value is -1.43. The van der Waals surface area contributed by atoms with Gasteiger partial charge >= 0.3 is 0 Å². The molecule has 4 nitrogen and oxygen atoms in total. The smallest absolute Gasteiger partial charge is 0.273 e. The molecule has 1 saturated heterocycles. The number of hydrogen-bond acceptors (Lipinski definition) is 4. The normalized spacial score (nSPS) is 18.8. The van der Waals surface area contributed by atoms with Crippen LogP contribution in [0.2, 0.25) is 5.02 Å². The molecule has 1 fully saturated rings. The van der Waals surface area contributed by atoms with E-state index in [0.29, 0.717) is 17.3 Å². The number of carbonyl (C=O) groups is 1. The highest BCUT2D eigenvalue weighted by Crippen LogP contribution is 2.26. The second kappa shape index (κ2) is 6.13. The monoisotopic (exact) mass is 321 g/mol. The lowest BCUT2D eigenvalue weighted by atomic mass is 10.1. The fourth-order valence-electron chi connectivity index (χ4n) is 2.45. The largest absolute Gasteiger partial charge is 0.336 e. The third-order valence-corrected chi connectivity index (χ3v) is 4.70. The minimum absolute atomic E-state index is 0.0263. The molecule has 2 heterocycles. The molecular weight excluding hydrogens is 306 g/mol. The topological polar surface area (TPSA) is 59.2 Å². The summed E-state index contributed by atoms with van der Waals surface area (Å²) in [5.74, 6) is -0.0263. The minimum Gasteiger partial charge on any atom is -0.336 e. The average molecular weight is 322 g/mol. The van der Waals surface area contributed by atoms with Crippen molar-refractivity contribution in [1.29, 1.82) is 0 Å². The second-order valence-electron chi connectivity index (χ2n) is 5.20. The number of benzene rings is 1. The van der Waals surface area contributed by atoms with Crippen LogP contribution < -0.4 is 5.73 Å².